The van der Waals surface area contributed by atoms with Crippen LogP contribution in [0.25, 0.3) is 0 Å². The fraction of sp³-hybridized carbons (Fsp3) is 0.938. The zero-order chi connectivity index (χ0) is 13.2. The SMILES string of the molecule is CCCCCCCC1CCCCN(CCC)C1=O. The molecule has 1 fully saturated rings. The van der Waals surface area contributed by atoms with Crippen LogP contribution in [0.1, 0.15) is 78.1 Å². The Hall–Kier alpha value is -0.530. The van der Waals surface area contributed by atoms with E-state index < -0.39 is 0 Å². The molecule has 2 heteroatoms. The molecule has 1 aliphatic rings. The summed E-state index contributed by atoms with van der Waals surface area (Å²) in [7, 11) is 0. The van der Waals surface area contributed by atoms with Gasteiger partial charge < -0.3 is 4.90 Å². The van der Waals surface area contributed by atoms with Crippen LogP contribution in [0.15, 0.2) is 0 Å². The summed E-state index contributed by atoms with van der Waals surface area (Å²) in [4.78, 5) is 14.5. The van der Waals surface area contributed by atoms with E-state index in [0.29, 0.717) is 11.8 Å². The Morgan fingerprint density at radius 3 is 2.56 bits per heavy atom. The van der Waals surface area contributed by atoms with E-state index in [1.165, 1.54) is 44.9 Å². The number of amides is 1. The molecule has 0 N–H and O–H groups in total. The predicted octanol–water partition coefficient (Wildman–Crippen LogP) is 4.39. The van der Waals surface area contributed by atoms with Crippen LogP contribution in [-0.2, 0) is 4.79 Å². The van der Waals surface area contributed by atoms with Crippen molar-refractivity contribution in [3.63, 3.8) is 0 Å². The monoisotopic (exact) mass is 253 g/mol. The van der Waals surface area contributed by atoms with Gasteiger partial charge in [0.15, 0.2) is 0 Å². The van der Waals surface area contributed by atoms with Crippen LogP contribution in [0.4, 0.5) is 0 Å². The fourth-order valence-electron chi connectivity index (χ4n) is 2.94. The molecular weight excluding hydrogens is 222 g/mol. The van der Waals surface area contributed by atoms with Gasteiger partial charge in [-0.05, 0) is 25.7 Å². The van der Waals surface area contributed by atoms with Gasteiger partial charge in [0, 0.05) is 19.0 Å². The van der Waals surface area contributed by atoms with Crippen molar-refractivity contribution in [2.45, 2.75) is 78.1 Å². The summed E-state index contributed by atoms with van der Waals surface area (Å²) in [5.74, 6) is 0.783. The zero-order valence-corrected chi connectivity index (χ0v) is 12.4. The first-order valence-corrected chi connectivity index (χ1v) is 8.08. The number of carbonyl (C=O) groups is 1. The molecule has 1 aliphatic heterocycles. The average molecular weight is 253 g/mol. The Labute approximate surface area is 113 Å². The summed E-state index contributed by atoms with van der Waals surface area (Å²) >= 11 is 0. The van der Waals surface area contributed by atoms with E-state index in [1.807, 2.05) is 0 Å². The molecule has 0 aromatic rings. The molecule has 1 saturated heterocycles. The van der Waals surface area contributed by atoms with Crippen LogP contribution in [0.5, 0.6) is 0 Å². The van der Waals surface area contributed by atoms with Crippen molar-refractivity contribution in [1.82, 2.24) is 4.90 Å². The van der Waals surface area contributed by atoms with Crippen LogP contribution in [0.2, 0.25) is 0 Å². The summed E-state index contributed by atoms with van der Waals surface area (Å²) < 4.78 is 0. The van der Waals surface area contributed by atoms with Crippen molar-refractivity contribution < 1.29 is 4.79 Å². The van der Waals surface area contributed by atoms with Gasteiger partial charge in [-0.15, -0.1) is 0 Å². The highest BCUT2D eigenvalue weighted by molar-refractivity contribution is 5.79. The molecule has 0 aromatic heterocycles. The smallest absolute Gasteiger partial charge is 0.225 e. The molecule has 18 heavy (non-hydrogen) atoms. The second-order valence-electron chi connectivity index (χ2n) is 5.72. The summed E-state index contributed by atoms with van der Waals surface area (Å²) in [5, 5.41) is 0. The van der Waals surface area contributed by atoms with Crippen LogP contribution in [0.3, 0.4) is 0 Å². The summed E-state index contributed by atoms with van der Waals surface area (Å²) in [6.45, 7) is 6.37. The molecule has 0 bridgehead atoms. The number of carbonyl (C=O) groups excluding carboxylic acids is 1. The van der Waals surface area contributed by atoms with Crippen LogP contribution in [0, 0.1) is 5.92 Å². The topological polar surface area (TPSA) is 20.3 Å². The van der Waals surface area contributed by atoms with Crippen molar-refractivity contribution in [3.8, 4) is 0 Å². The molecule has 0 saturated carbocycles. The predicted molar refractivity (Wildman–Crippen MR) is 77.6 cm³/mol. The summed E-state index contributed by atoms with van der Waals surface area (Å²) in [6, 6.07) is 0. The third kappa shape index (κ3) is 5.41. The lowest BCUT2D eigenvalue weighted by Gasteiger charge is -2.23. The third-order valence-electron chi connectivity index (χ3n) is 4.04. The van der Waals surface area contributed by atoms with E-state index in [1.54, 1.807) is 0 Å². The molecule has 0 radical (unpaired) electrons. The molecule has 106 valence electrons. The van der Waals surface area contributed by atoms with E-state index in [9.17, 15) is 4.79 Å². The minimum absolute atomic E-state index is 0.334. The lowest BCUT2D eigenvalue weighted by Crippen LogP contribution is -2.35. The number of nitrogens with zero attached hydrogens (tertiary/aromatic N) is 1. The van der Waals surface area contributed by atoms with Gasteiger partial charge >= 0.3 is 0 Å². The molecule has 0 aliphatic carbocycles. The first-order valence-electron chi connectivity index (χ1n) is 8.08. The van der Waals surface area contributed by atoms with Crippen LogP contribution in [-0.4, -0.2) is 23.9 Å². The van der Waals surface area contributed by atoms with Gasteiger partial charge in [0.05, 0.1) is 0 Å². The van der Waals surface area contributed by atoms with E-state index in [-0.39, 0.29) is 0 Å². The van der Waals surface area contributed by atoms with Crippen molar-refractivity contribution in [2.75, 3.05) is 13.1 Å². The van der Waals surface area contributed by atoms with Gasteiger partial charge in [0.2, 0.25) is 5.91 Å². The van der Waals surface area contributed by atoms with Gasteiger partial charge in [0.25, 0.3) is 0 Å². The third-order valence-corrected chi connectivity index (χ3v) is 4.04. The highest BCUT2D eigenvalue weighted by Gasteiger charge is 2.25. The first kappa shape index (κ1) is 15.5. The highest BCUT2D eigenvalue weighted by Crippen LogP contribution is 2.23. The maximum atomic E-state index is 12.4. The van der Waals surface area contributed by atoms with E-state index >= 15 is 0 Å². The van der Waals surface area contributed by atoms with Crippen molar-refractivity contribution in [1.29, 1.82) is 0 Å². The van der Waals surface area contributed by atoms with Crippen LogP contribution < -0.4 is 0 Å². The Morgan fingerprint density at radius 2 is 1.83 bits per heavy atom. The van der Waals surface area contributed by atoms with Crippen molar-refractivity contribution in [2.24, 2.45) is 5.92 Å². The molecule has 1 unspecified atom stereocenters. The number of hydrogen-bond acceptors (Lipinski definition) is 1. The lowest BCUT2D eigenvalue weighted by molar-refractivity contribution is -0.135. The molecule has 1 heterocycles. The molecule has 2 nitrogen and oxygen atoms in total. The maximum absolute atomic E-state index is 12.4. The number of hydrogen-bond donors (Lipinski definition) is 0. The maximum Gasteiger partial charge on any atom is 0.225 e. The lowest BCUT2D eigenvalue weighted by atomic mass is 9.95. The zero-order valence-electron chi connectivity index (χ0n) is 12.4. The molecule has 1 amide bonds. The molecular formula is C16H31NO. The minimum atomic E-state index is 0.334. The summed E-state index contributed by atoms with van der Waals surface area (Å²) in [6.07, 6.45) is 12.3. The Bertz CT molecular complexity index is 227. The quantitative estimate of drug-likeness (QED) is 0.588. The van der Waals surface area contributed by atoms with Crippen LogP contribution >= 0.6 is 0 Å². The van der Waals surface area contributed by atoms with E-state index in [2.05, 4.69) is 18.7 Å². The summed E-state index contributed by atoms with van der Waals surface area (Å²) in [5.41, 5.74) is 0. The Morgan fingerprint density at radius 1 is 1.06 bits per heavy atom. The first-order chi connectivity index (χ1) is 8.79. The number of unbranched alkanes of at least 4 members (excludes halogenated alkanes) is 4. The second-order valence-corrected chi connectivity index (χ2v) is 5.72. The number of likely N-dealkylation sites (tertiary alicyclic amines) is 1. The molecule has 1 atom stereocenters. The minimum Gasteiger partial charge on any atom is -0.342 e. The number of rotatable bonds is 8. The Kier molecular flexibility index (Phi) is 8.11. The van der Waals surface area contributed by atoms with Gasteiger partial charge in [-0.25, -0.2) is 0 Å². The van der Waals surface area contributed by atoms with Crippen molar-refractivity contribution in [3.05, 3.63) is 0 Å². The van der Waals surface area contributed by atoms with E-state index in [4.69, 9.17) is 0 Å². The van der Waals surface area contributed by atoms with Gasteiger partial charge in [-0.2, -0.15) is 0 Å². The largest absolute Gasteiger partial charge is 0.342 e. The second kappa shape index (κ2) is 9.41. The fourth-order valence-corrected chi connectivity index (χ4v) is 2.94. The molecule has 0 spiro atoms. The van der Waals surface area contributed by atoms with Crippen molar-refractivity contribution >= 4 is 5.91 Å². The van der Waals surface area contributed by atoms with Gasteiger partial charge in [-0.3, -0.25) is 4.79 Å². The van der Waals surface area contributed by atoms with E-state index in [0.717, 1.165) is 32.4 Å². The molecule has 1 rings (SSSR count). The Balaban J connectivity index is 2.30. The normalized spacial score (nSPS) is 21.1. The average Bonchev–Trinajstić information content (AvgIpc) is 2.54. The van der Waals surface area contributed by atoms with Gasteiger partial charge in [0.1, 0.15) is 0 Å². The standard InChI is InChI=1S/C16H31NO/c1-3-5-6-7-8-11-15-12-9-10-14-17(13-4-2)16(15)18/h15H,3-14H2,1-2H3. The highest BCUT2D eigenvalue weighted by atomic mass is 16.2. The van der Waals surface area contributed by atoms with Gasteiger partial charge in [-0.1, -0.05) is 52.4 Å². The molecule has 0 aromatic carbocycles.